The molecule has 2 aromatic rings. The first kappa shape index (κ1) is 20.0. The first-order chi connectivity index (χ1) is 11.7. The van der Waals surface area contributed by atoms with Crippen molar-refractivity contribution >= 4 is 36.5 Å². The topological polar surface area (TPSA) is 26.3 Å². The standard InChI is InChI=1S/C21H29ClO2Si/c1-14(2)25(15(3)4,16(5)6)24-21-9-7-8-17-12-18(20(23)13-22)10-11-19(17)21/h7-12,14-16H,13H2,1-6H3. The third-order valence-corrected chi connectivity index (χ3v) is 11.5. The maximum absolute atomic E-state index is 11.9. The van der Waals surface area contributed by atoms with Crippen molar-refractivity contribution in [3.05, 3.63) is 42.0 Å². The van der Waals surface area contributed by atoms with Gasteiger partial charge in [-0.25, -0.2) is 0 Å². The lowest BCUT2D eigenvalue weighted by Gasteiger charge is -2.42. The molecule has 0 N–H and O–H groups in total. The number of Topliss-reactive ketones (excluding diaryl/α,β-unsaturated/α-hetero) is 1. The summed E-state index contributed by atoms with van der Waals surface area (Å²) >= 11 is 5.69. The van der Waals surface area contributed by atoms with Crippen molar-refractivity contribution in [2.24, 2.45) is 0 Å². The van der Waals surface area contributed by atoms with Crippen LogP contribution in [0.1, 0.15) is 51.9 Å². The molecule has 2 nitrogen and oxygen atoms in total. The molecule has 0 bridgehead atoms. The largest absolute Gasteiger partial charge is 0.542 e. The van der Waals surface area contributed by atoms with E-state index in [-0.39, 0.29) is 11.7 Å². The van der Waals surface area contributed by atoms with E-state index in [0.29, 0.717) is 22.2 Å². The van der Waals surface area contributed by atoms with Gasteiger partial charge in [0.15, 0.2) is 5.78 Å². The highest BCUT2D eigenvalue weighted by atomic mass is 35.5. The van der Waals surface area contributed by atoms with Gasteiger partial charge in [-0.1, -0.05) is 59.7 Å². The Morgan fingerprint density at radius 2 is 1.60 bits per heavy atom. The maximum Gasteiger partial charge on any atom is 0.258 e. The van der Waals surface area contributed by atoms with Gasteiger partial charge in [-0.2, -0.15) is 0 Å². The molecule has 0 saturated carbocycles. The maximum atomic E-state index is 11.9. The molecule has 25 heavy (non-hydrogen) atoms. The summed E-state index contributed by atoms with van der Waals surface area (Å²) in [5.41, 5.74) is 2.19. The molecule has 2 aromatic carbocycles. The SMILES string of the molecule is CC(C)[Si](Oc1cccc2cc(C(=O)CCl)ccc12)(C(C)C)C(C)C. The van der Waals surface area contributed by atoms with Crippen LogP contribution in [-0.4, -0.2) is 20.0 Å². The summed E-state index contributed by atoms with van der Waals surface area (Å²) in [5.74, 6) is 0.890. The second-order valence-electron chi connectivity index (χ2n) is 7.67. The fraction of sp³-hybridized carbons (Fsp3) is 0.476. The van der Waals surface area contributed by atoms with Crippen molar-refractivity contribution in [2.45, 2.75) is 58.2 Å². The van der Waals surface area contributed by atoms with E-state index in [4.69, 9.17) is 16.0 Å². The van der Waals surface area contributed by atoms with Gasteiger partial charge in [0, 0.05) is 10.9 Å². The van der Waals surface area contributed by atoms with Crippen LogP contribution >= 0.6 is 11.6 Å². The van der Waals surface area contributed by atoms with Gasteiger partial charge < -0.3 is 4.43 Å². The number of rotatable bonds is 7. The van der Waals surface area contributed by atoms with Gasteiger partial charge >= 0.3 is 0 Å². The predicted octanol–water partition coefficient (Wildman–Crippen LogP) is 6.82. The Hall–Kier alpha value is -1.32. The van der Waals surface area contributed by atoms with Crippen molar-refractivity contribution in [3.8, 4) is 5.75 Å². The molecule has 0 aliphatic heterocycles. The van der Waals surface area contributed by atoms with Crippen molar-refractivity contribution in [1.29, 1.82) is 0 Å². The molecule has 0 saturated heterocycles. The third-order valence-electron chi connectivity index (χ3n) is 5.28. The zero-order valence-corrected chi connectivity index (χ0v) is 17.9. The molecule has 0 fully saturated rings. The van der Waals surface area contributed by atoms with Crippen molar-refractivity contribution in [3.63, 3.8) is 0 Å². The predicted molar refractivity (Wildman–Crippen MR) is 111 cm³/mol. The summed E-state index contributed by atoms with van der Waals surface area (Å²) in [5, 5.41) is 2.08. The van der Waals surface area contributed by atoms with Gasteiger partial charge in [-0.15, -0.1) is 11.6 Å². The quantitative estimate of drug-likeness (QED) is 0.301. The molecule has 0 radical (unpaired) electrons. The van der Waals surface area contributed by atoms with Crippen molar-refractivity contribution < 1.29 is 9.22 Å². The molecule has 0 heterocycles. The van der Waals surface area contributed by atoms with E-state index in [2.05, 4.69) is 47.6 Å². The van der Waals surface area contributed by atoms with Crippen LogP contribution in [0.25, 0.3) is 10.8 Å². The summed E-state index contributed by atoms with van der Waals surface area (Å²) in [7, 11) is -2.02. The van der Waals surface area contributed by atoms with Crippen LogP contribution in [0.5, 0.6) is 5.75 Å². The van der Waals surface area contributed by atoms with Crippen molar-refractivity contribution in [1.82, 2.24) is 0 Å². The van der Waals surface area contributed by atoms with Gasteiger partial charge in [-0.05, 0) is 40.2 Å². The minimum Gasteiger partial charge on any atom is -0.542 e. The Labute approximate surface area is 157 Å². The highest BCUT2D eigenvalue weighted by Crippen LogP contribution is 2.44. The second-order valence-corrected chi connectivity index (χ2v) is 13.3. The summed E-state index contributed by atoms with van der Waals surface area (Å²) < 4.78 is 6.85. The summed E-state index contributed by atoms with van der Waals surface area (Å²) in [6.45, 7) is 13.7. The Morgan fingerprint density at radius 3 is 2.12 bits per heavy atom. The zero-order valence-electron chi connectivity index (χ0n) is 16.1. The minimum absolute atomic E-state index is 0.00572. The number of carbonyl (C=O) groups excluding carboxylic acids is 1. The van der Waals surface area contributed by atoms with Crippen LogP contribution in [0.2, 0.25) is 16.6 Å². The molecule has 2 rings (SSSR count). The van der Waals surface area contributed by atoms with Crippen LogP contribution in [0, 0.1) is 0 Å². The summed E-state index contributed by atoms with van der Waals surface area (Å²) in [4.78, 5) is 11.9. The Morgan fingerprint density at radius 1 is 1.00 bits per heavy atom. The second kappa shape index (κ2) is 7.92. The Kier molecular flexibility index (Phi) is 6.34. The number of hydrogen-bond acceptors (Lipinski definition) is 2. The lowest BCUT2D eigenvalue weighted by Crippen LogP contribution is -2.50. The van der Waals surface area contributed by atoms with E-state index in [1.54, 1.807) is 0 Å². The molecule has 0 spiro atoms. The first-order valence-corrected chi connectivity index (χ1v) is 11.7. The number of benzene rings is 2. The zero-order chi connectivity index (χ0) is 18.8. The van der Waals surface area contributed by atoms with Crippen LogP contribution in [0.3, 0.4) is 0 Å². The van der Waals surface area contributed by atoms with E-state index < -0.39 is 8.32 Å². The van der Waals surface area contributed by atoms with E-state index in [1.807, 2.05) is 30.3 Å². The van der Waals surface area contributed by atoms with Gasteiger partial charge in [0.05, 0.1) is 5.88 Å². The van der Waals surface area contributed by atoms with Crippen LogP contribution < -0.4 is 4.43 Å². The molecule has 0 amide bonds. The minimum atomic E-state index is -2.02. The van der Waals surface area contributed by atoms with Gasteiger partial charge in [0.1, 0.15) is 5.75 Å². The fourth-order valence-corrected chi connectivity index (χ4v) is 9.56. The Bertz CT molecular complexity index is 731. The number of alkyl halides is 1. The van der Waals surface area contributed by atoms with Crippen LogP contribution in [0.15, 0.2) is 36.4 Å². The monoisotopic (exact) mass is 376 g/mol. The molecule has 0 aromatic heterocycles. The smallest absolute Gasteiger partial charge is 0.258 e. The fourth-order valence-electron chi connectivity index (χ4n) is 4.14. The van der Waals surface area contributed by atoms with E-state index in [1.165, 1.54) is 0 Å². The molecular weight excluding hydrogens is 348 g/mol. The number of halogens is 1. The Balaban J connectivity index is 2.55. The van der Waals surface area contributed by atoms with Crippen molar-refractivity contribution in [2.75, 3.05) is 5.88 Å². The average Bonchev–Trinajstić information content (AvgIpc) is 2.57. The van der Waals surface area contributed by atoms with Crippen LogP contribution in [0.4, 0.5) is 0 Å². The number of hydrogen-bond donors (Lipinski definition) is 0. The first-order valence-electron chi connectivity index (χ1n) is 9.05. The van der Waals surface area contributed by atoms with Gasteiger partial charge in [0.25, 0.3) is 8.32 Å². The molecule has 0 aliphatic rings. The van der Waals surface area contributed by atoms with E-state index in [0.717, 1.165) is 16.5 Å². The van der Waals surface area contributed by atoms with E-state index >= 15 is 0 Å². The number of fused-ring (bicyclic) bond motifs is 1. The molecule has 4 heteroatoms. The highest BCUT2D eigenvalue weighted by molar-refractivity contribution is 6.78. The van der Waals surface area contributed by atoms with Gasteiger partial charge in [-0.3, -0.25) is 4.79 Å². The molecule has 0 unspecified atom stereocenters. The molecule has 136 valence electrons. The lowest BCUT2D eigenvalue weighted by molar-refractivity contribution is 0.102. The van der Waals surface area contributed by atoms with Crippen LogP contribution in [-0.2, 0) is 0 Å². The summed E-state index contributed by atoms with van der Waals surface area (Å²) in [6, 6.07) is 11.8. The average molecular weight is 377 g/mol. The molecule has 0 atom stereocenters. The number of carbonyl (C=O) groups is 1. The van der Waals surface area contributed by atoms with E-state index in [9.17, 15) is 4.79 Å². The number of ketones is 1. The lowest BCUT2D eigenvalue weighted by atomic mass is 10.0. The third kappa shape index (κ3) is 3.78. The molecular formula is C21H29ClO2Si. The highest BCUT2D eigenvalue weighted by Gasteiger charge is 2.47. The molecule has 0 aliphatic carbocycles. The normalized spacial score (nSPS) is 12.4. The summed E-state index contributed by atoms with van der Waals surface area (Å²) in [6.07, 6.45) is 0. The van der Waals surface area contributed by atoms with Gasteiger partial charge in [0.2, 0.25) is 0 Å².